The molecule has 19 heavy (non-hydrogen) atoms. The Labute approximate surface area is 118 Å². The summed E-state index contributed by atoms with van der Waals surface area (Å²) in [6.07, 6.45) is 0. The molecule has 0 aliphatic heterocycles. The van der Waals surface area contributed by atoms with Crippen LogP contribution in [0.15, 0.2) is 40.9 Å². The Hall–Kier alpha value is -1.62. The van der Waals surface area contributed by atoms with Gasteiger partial charge in [-0.25, -0.2) is 8.78 Å². The van der Waals surface area contributed by atoms with E-state index < -0.39 is 5.82 Å². The maximum atomic E-state index is 13.9. The summed E-state index contributed by atoms with van der Waals surface area (Å²) in [5.74, 6) is -0.570. The predicted molar refractivity (Wildman–Crippen MR) is 74.4 cm³/mol. The summed E-state index contributed by atoms with van der Waals surface area (Å²) in [7, 11) is 1.42. The smallest absolute Gasteiger partial charge is 0.170 e. The van der Waals surface area contributed by atoms with E-state index in [4.69, 9.17) is 4.74 Å². The lowest BCUT2D eigenvalue weighted by molar-refractivity contribution is 0.384. The number of benzene rings is 2. The van der Waals surface area contributed by atoms with Crippen molar-refractivity contribution in [2.75, 3.05) is 12.4 Å². The lowest BCUT2D eigenvalue weighted by Crippen LogP contribution is -2.03. The standard InChI is InChI=1S/C14H12BrF2NO/c1-19-13-4-2-3-9(14(13)17)8-18-12-7-10(16)5-6-11(12)15/h2-7,18H,8H2,1H3. The molecular weight excluding hydrogens is 316 g/mol. The molecule has 2 aromatic carbocycles. The summed E-state index contributed by atoms with van der Waals surface area (Å²) >= 11 is 3.30. The highest BCUT2D eigenvalue weighted by atomic mass is 79.9. The minimum absolute atomic E-state index is 0.192. The largest absolute Gasteiger partial charge is 0.494 e. The van der Waals surface area contributed by atoms with E-state index in [2.05, 4.69) is 21.2 Å². The lowest BCUT2D eigenvalue weighted by Gasteiger charge is -2.11. The summed E-state index contributed by atoms with van der Waals surface area (Å²) in [5.41, 5.74) is 1.03. The van der Waals surface area contributed by atoms with Crippen LogP contribution in [0.25, 0.3) is 0 Å². The van der Waals surface area contributed by atoms with E-state index >= 15 is 0 Å². The fourth-order valence-electron chi connectivity index (χ4n) is 1.67. The van der Waals surface area contributed by atoms with Crippen LogP contribution in [0.3, 0.4) is 0 Å². The van der Waals surface area contributed by atoms with Crippen molar-refractivity contribution in [3.8, 4) is 5.75 Å². The van der Waals surface area contributed by atoms with Crippen LogP contribution in [0, 0.1) is 11.6 Å². The molecule has 0 heterocycles. The molecular formula is C14H12BrF2NO. The van der Waals surface area contributed by atoms with Gasteiger partial charge >= 0.3 is 0 Å². The Kier molecular flexibility index (Phi) is 4.37. The molecule has 0 bridgehead atoms. The Bertz CT molecular complexity index is 590. The number of nitrogens with one attached hydrogen (secondary N) is 1. The molecule has 5 heteroatoms. The average molecular weight is 328 g/mol. The zero-order valence-corrected chi connectivity index (χ0v) is 11.8. The minimum Gasteiger partial charge on any atom is -0.494 e. The third-order valence-electron chi connectivity index (χ3n) is 2.66. The van der Waals surface area contributed by atoms with Gasteiger partial charge in [0.05, 0.1) is 12.8 Å². The maximum Gasteiger partial charge on any atom is 0.170 e. The third-order valence-corrected chi connectivity index (χ3v) is 3.35. The summed E-state index contributed by atoms with van der Waals surface area (Å²) in [5, 5.41) is 2.98. The first kappa shape index (κ1) is 13.8. The first-order valence-corrected chi connectivity index (χ1v) is 6.41. The maximum absolute atomic E-state index is 13.9. The second-order valence-electron chi connectivity index (χ2n) is 3.91. The zero-order chi connectivity index (χ0) is 13.8. The van der Waals surface area contributed by atoms with Crippen molar-refractivity contribution in [1.29, 1.82) is 0 Å². The fourth-order valence-corrected chi connectivity index (χ4v) is 2.06. The van der Waals surface area contributed by atoms with Crippen molar-refractivity contribution in [2.24, 2.45) is 0 Å². The van der Waals surface area contributed by atoms with Gasteiger partial charge in [-0.3, -0.25) is 0 Å². The summed E-state index contributed by atoms with van der Waals surface area (Å²) in [6.45, 7) is 0.241. The molecule has 0 saturated carbocycles. The molecule has 2 aromatic rings. The highest BCUT2D eigenvalue weighted by Crippen LogP contribution is 2.25. The molecule has 0 spiro atoms. The number of methoxy groups -OCH3 is 1. The molecule has 0 atom stereocenters. The van der Waals surface area contributed by atoms with Crippen LogP contribution in [0.4, 0.5) is 14.5 Å². The van der Waals surface area contributed by atoms with Gasteiger partial charge < -0.3 is 10.1 Å². The van der Waals surface area contributed by atoms with Crippen molar-refractivity contribution in [3.05, 3.63) is 58.1 Å². The highest BCUT2D eigenvalue weighted by molar-refractivity contribution is 9.10. The highest BCUT2D eigenvalue weighted by Gasteiger charge is 2.09. The Balaban J connectivity index is 2.17. The van der Waals surface area contributed by atoms with Crippen molar-refractivity contribution in [3.63, 3.8) is 0 Å². The van der Waals surface area contributed by atoms with Crippen LogP contribution in [-0.2, 0) is 6.54 Å². The summed E-state index contributed by atoms with van der Waals surface area (Å²) < 4.78 is 32.6. The SMILES string of the molecule is COc1cccc(CNc2cc(F)ccc2Br)c1F. The number of halogens is 3. The molecule has 2 rings (SSSR count). The van der Waals surface area contributed by atoms with E-state index in [1.807, 2.05) is 0 Å². The first-order chi connectivity index (χ1) is 9.11. The predicted octanol–water partition coefficient (Wildman–Crippen LogP) is 4.35. The molecule has 1 N–H and O–H groups in total. The van der Waals surface area contributed by atoms with Crippen molar-refractivity contribution >= 4 is 21.6 Å². The van der Waals surface area contributed by atoms with Crippen LogP contribution in [-0.4, -0.2) is 7.11 Å². The number of hydrogen-bond acceptors (Lipinski definition) is 2. The topological polar surface area (TPSA) is 21.3 Å². The quantitative estimate of drug-likeness (QED) is 0.901. The average Bonchev–Trinajstić information content (AvgIpc) is 2.41. The minimum atomic E-state index is -0.412. The molecule has 0 saturated heterocycles. The van der Waals surface area contributed by atoms with Gasteiger partial charge in [0.2, 0.25) is 0 Å². The number of rotatable bonds is 4. The van der Waals surface area contributed by atoms with Crippen molar-refractivity contribution in [2.45, 2.75) is 6.54 Å². The first-order valence-electron chi connectivity index (χ1n) is 5.62. The Morgan fingerprint density at radius 1 is 1.21 bits per heavy atom. The third kappa shape index (κ3) is 3.23. The van der Waals surface area contributed by atoms with Gasteiger partial charge in [-0.15, -0.1) is 0 Å². The summed E-state index contributed by atoms with van der Waals surface area (Å²) in [4.78, 5) is 0. The van der Waals surface area contributed by atoms with E-state index in [0.717, 1.165) is 4.47 Å². The van der Waals surface area contributed by atoms with Crippen LogP contribution < -0.4 is 10.1 Å². The van der Waals surface area contributed by atoms with Gasteiger partial charge in [0.15, 0.2) is 11.6 Å². The zero-order valence-electron chi connectivity index (χ0n) is 10.2. The molecule has 2 nitrogen and oxygen atoms in total. The molecule has 0 fully saturated rings. The van der Waals surface area contributed by atoms with Gasteiger partial charge in [-0.2, -0.15) is 0 Å². The van der Waals surface area contributed by atoms with Crippen LogP contribution in [0.5, 0.6) is 5.75 Å². The molecule has 0 aliphatic carbocycles. The normalized spacial score (nSPS) is 10.3. The molecule has 0 amide bonds. The second kappa shape index (κ2) is 6.02. The number of ether oxygens (including phenoxy) is 1. The van der Waals surface area contributed by atoms with E-state index in [1.54, 1.807) is 24.3 Å². The molecule has 0 aromatic heterocycles. The van der Waals surface area contributed by atoms with Crippen molar-refractivity contribution in [1.82, 2.24) is 0 Å². The molecule has 100 valence electrons. The lowest BCUT2D eigenvalue weighted by atomic mass is 10.2. The van der Waals surface area contributed by atoms with E-state index in [0.29, 0.717) is 11.3 Å². The molecule has 0 radical (unpaired) electrons. The fraction of sp³-hybridized carbons (Fsp3) is 0.143. The van der Waals surface area contributed by atoms with Gasteiger partial charge in [0, 0.05) is 16.6 Å². The van der Waals surface area contributed by atoms with Crippen molar-refractivity contribution < 1.29 is 13.5 Å². The monoisotopic (exact) mass is 327 g/mol. The van der Waals surface area contributed by atoms with Gasteiger partial charge in [0.1, 0.15) is 5.82 Å². The Morgan fingerprint density at radius 2 is 2.00 bits per heavy atom. The summed E-state index contributed by atoms with van der Waals surface area (Å²) in [6, 6.07) is 9.21. The van der Waals surface area contributed by atoms with Crippen LogP contribution >= 0.6 is 15.9 Å². The molecule has 0 unspecified atom stereocenters. The van der Waals surface area contributed by atoms with E-state index in [9.17, 15) is 8.78 Å². The van der Waals surface area contributed by atoms with Gasteiger partial charge in [-0.05, 0) is 40.2 Å². The Morgan fingerprint density at radius 3 is 2.74 bits per heavy atom. The number of hydrogen-bond donors (Lipinski definition) is 1. The van der Waals surface area contributed by atoms with Gasteiger partial charge in [0.25, 0.3) is 0 Å². The number of anilines is 1. The van der Waals surface area contributed by atoms with Crippen LogP contribution in [0.1, 0.15) is 5.56 Å². The van der Waals surface area contributed by atoms with E-state index in [-0.39, 0.29) is 18.1 Å². The van der Waals surface area contributed by atoms with Crippen LogP contribution in [0.2, 0.25) is 0 Å². The van der Waals surface area contributed by atoms with E-state index in [1.165, 1.54) is 19.2 Å². The van der Waals surface area contributed by atoms with Gasteiger partial charge in [-0.1, -0.05) is 12.1 Å². The molecule has 0 aliphatic rings. The second-order valence-corrected chi connectivity index (χ2v) is 4.77.